The van der Waals surface area contributed by atoms with E-state index < -0.39 is 5.60 Å². The summed E-state index contributed by atoms with van der Waals surface area (Å²) in [6.07, 6.45) is 0.915. The molecule has 1 aromatic carbocycles. The van der Waals surface area contributed by atoms with E-state index in [4.69, 9.17) is 19.9 Å². The van der Waals surface area contributed by atoms with E-state index in [-0.39, 0.29) is 12.8 Å². The Kier molecular flexibility index (Phi) is 5.82. The van der Waals surface area contributed by atoms with E-state index in [1.807, 2.05) is 26.8 Å². The summed E-state index contributed by atoms with van der Waals surface area (Å²) in [6, 6.07) is 5.46. The first-order valence-corrected chi connectivity index (χ1v) is 6.54. The number of esters is 1. The van der Waals surface area contributed by atoms with Gasteiger partial charge in [0.05, 0.1) is 5.69 Å². The highest BCUT2D eigenvalue weighted by molar-refractivity contribution is 5.70. The second-order valence-corrected chi connectivity index (χ2v) is 5.51. The fraction of sp³-hybridized carbons (Fsp3) is 0.533. The van der Waals surface area contributed by atoms with E-state index in [2.05, 4.69) is 0 Å². The number of nitrogen functional groups attached to an aromatic ring is 1. The maximum atomic E-state index is 11.6. The minimum atomic E-state index is -0.450. The summed E-state index contributed by atoms with van der Waals surface area (Å²) in [6.45, 7) is 5.71. The molecule has 1 aromatic rings. The zero-order chi connectivity index (χ0) is 15.2. The molecule has 0 aliphatic rings. The molecule has 0 aromatic heterocycles. The Morgan fingerprint density at radius 2 is 2.00 bits per heavy atom. The summed E-state index contributed by atoms with van der Waals surface area (Å²) in [7, 11) is 1.55. The molecule has 0 bridgehead atoms. The van der Waals surface area contributed by atoms with Crippen LogP contribution in [0.25, 0.3) is 0 Å². The van der Waals surface area contributed by atoms with Crippen molar-refractivity contribution in [2.45, 2.75) is 39.2 Å². The molecule has 0 radical (unpaired) electrons. The molecule has 5 heteroatoms. The van der Waals surface area contributed by atoms with Gasteiger partial charge in [-0.25, -0.2) is 0 Å². The van der Waals surface area contributed by atoms with Crippen LogP contribution < -0.4 is 10.5 Å². The SMILES string of the molecule is COCOc1ccc(CCC(=O)OC(C)(C)C)cc1N. The Morgan fingerprint density at radius 3 is 2.55 bits per heavy atom. The zero-order valence-corrected chi connectivity index (χ0v) is 12.6. The van der Waals surface area contributed by atoms with Gasteiger partial charge in [-0.3, -0.25) is 4.79 Å². The van der Waals surface area contributed by atoms with E-state index in [1.54, 1.807) is 19.2 Å². The van der Waals surface area contributed by atoms with Crippen molar-refractivity contribution in [3.63, 3.8) is 0 Å². The fourth-order valence-electron chi connectivity index (χ4n) is 1.65. The lowest BCUT2D eigenvalue weighted by molar-refractivity contribution is -0.154. The predicted octanol–water partition coefficient (Wildman–Crippen LogP) is 2.53. The second kappa shape index (κ2) is 7.14. The molecule has 5 nitrogen and oxygen atoms in total. The third kappa shape index (κ3) is 5.93. The van der Waals surface area contributed by atoms with Crippen molar-refractivity contribution in [3.8, 4) is 5.75 Å². The van der Waals surface area contributed by atoms with Crippen molar-refractivity contribution in [2.24, 2.45) is 0 Å². The summed E-state index contributed by atoms with van der Waals surface area (Å²) in [5.74, 6) is 0.364. The Labute approximate surface area is 120 Å². The lowest BCUT2D eigenvalue weighted by Gasteiger charge is -2.19. The van der Waals surface area contributed by atoms with E-state index in [1.165, 1.54) is 0 Å². The van der Waals surface area contributed by atoms with Gasteiger partial charge in [-0.1, -0.05) is 6.07 Å². The molecule has 2 N–H and O–H groups in total. The Bertz CT molecular complexity index is 452. The molecule has 0 unspecified atom stereocenters. The van der Waals surface area contributed by atoms with Gasteiger partial charge < -0.3 is 19.9 Å². The summed E-state index contributed by atoms with van der Waals surface area (Å²) in [5, 5.41) is 0. The van der Waals surface area contributed by atoms with Crippen LogP contribution in [0, 0.1) is 0 Å². The van der Waals surface area contributed by atoms with E-state index >= 15 is 0 Å². The van der Waals surface area contributed by atoms with Crippen LogP contribution >= 0.6 is 0 Å². The summed E-state index contributed by atoms with van der Waals surface area (Å²) >= 11 is 0. The highest BCUT2D eigenvalue weighted by atomic mass is 16.7. The Balaban J connectivity index is 2.53. The highest BCUT2D eigenvalue weighted by Gasteiger charge is 2.16. The number of benzene rings is 1. The molecule has 112 valence electrons. The van der Waals surface area contributed by atoms with Crippen LogP contribution in [0.2, 0.25) is 0 Å². The minimum absolute atomic E-state index is 0.154. The quantitative estimate of drug-likeness (QED) is 0.493. The van der Waals surface area contributed by atoms with Gasteiger partial charge in [0.1, 0.15) is 11.4 Å². The molecule has 20 heavy (non-hydrogen) atoms. The van der Waals surface area contributed by atoms with Crippen molar-refractivity contribution >= 4 is 11.7 Å². The first-order valence-electron chi connectivity index (χ1n) is 6.54. The number of aryl methyl sites for hydroxylation is 1. The van der Waals surface area contributed by atoms with Crippen molar-refractivity contribution in [3.05, 3.63) is 23.8 Å². The largest absolute Gasteiger partial charge is 0.465 e. The molecular formula is C15H23NO4. The van der Waals surface area contributed by atoms with Gasteiger partial charge in [0.2, 0.25) is 0 Å². The number of nitrogens with two attached hydrogens (primary N) is 1. The molecule has 0 saturated carbocycles. The molecule has 0 saturated heterocycles. The van der Waals surface area contributed by atoms with Crippen molar-refractivity contribution < 1.29 is 19.0 Å². The predicted molar refractivity (Wildman–Crippen MR) is 77.5 cm³/mol. The number of ether oxygens (including phenoxy) is 3. The van der Waals surface area contributed by atoms with Gasteiger partial charge in [-0.05, 0) is 44.9 Å². The number of anilines is 1. The average molecular weight is 281 g/mol. The smallest absolute Gasteiger partial charge is 0.306 e. The van der Waals surface area contributed by atoms with Gasteiger partial charge in [0.25, 0.3) is 0 Å². The summed E-state index contributed by atoms with van der Waals surface area (Å²) in [4.78, 5) is 11.6. The zero-order valence-electron chi connectivity index (χ0n) is 12.6. The maximum Gasteiger partial charge on any atom is 0.306 e. The number of hydrogen-bond donors (Lipinski definition) is 1. The molecule has 0 fully saturated rings. The van der Waals surface area contributed by atoms with Gasteiger partial charge in [0.15, 0.2) is 6.79 Å². The van der Waals surface area contributed by atoms with Crippen molar-refractivity contribution in [2.75, 3.05) is 19.6 Å². The average Bonchev–Trinajstić information content (AvgIpc) is 2.33. The van der Waals surface area contributed by atoms with Crippen LogP contribution in [-0.2, 0) is 20.7 Å². The van der Waals surface area contributed by atoms with Crippen LogP contribution in [0.1, 0.15) is 32.8 Å². The molecule has 1 rings (SSSR count). The lowest BCUT2D eigenvalue weighted by Crippen LogP contribution is -2.24. The van der Waals surface area contributed by atoms with Crippen molar-refractivity contribution in [1.82, 2.24) is 0 Å². The molecule has 0 aliphatic heterocycles. The lowest BCUT2D eigenvalue weighted by atomic mass is 10.1. The number of carbonyl (C=O) groups is 1. The molecular weight excluding hydrogens is 258 g/mol. The standard InChI is InChI=1S/C15H23NO4/c1-15(2,3)20-14(17)8-6-11-5-7-13(12(16)9-11)19-10-18-4/h5,7,9H,6,8,10,16H2,1-4H3. The molecule has 0 spiro atoms. The number of carbonyl (C=O) groups excluding carboxylic acids is 1. The van der Waals surface area contributed by atoms with Gasteiger partial charge in [-0.15, -0.1) is 0 Å². The Hall–Kier alpha value is -1.75. The van der Waals surface area contributed by atoms with Crippen LogP contribution in [0.4, 0.5) is 5.69 Å². The Morgan fingerprint density at radius 1 is 1.30 bits per heavy atom. The van der Waals surface area contributed by atoms with Crippen LogP contribution in [0.15, 0.2) is 18.2 Å². The molecule has 0 atom stereocenters. The topological polar surface area (TPSA) is 70.8 Å². The van der Waals surface area contributed by atoms with Gasteiger partial charge in [-0.2, -0.15) is 0 Å². The molecule has 0 heterocycles. The normalized spacial score (nSPS) is 11.2. The van der Waals surface area contributed by atoms with E-state index in [0.717, 1.165) is 5.56 Å². The second-order valence-electron chi connectivity index (χ2n) is 5.51. The van der Waals surface area contributed by atoms with E-state index in [9.17, 15) is 4.79 Å². The van der Waals surface area contributed by atoms with Crippen LogP contribution in [0.5, 0.6) is 5.75 Å². The summed E-state index contributed by atoms with van der Waals surface area (Å²) < 4.78 is 15.4. The molecule has 0 aliphatic carbocycles. The molecule has 0 amide bonds. The number of hydrogen-bond acceptors (Lipinski definition) is 5. The fourth-order valence-corrected chi connectivity index (χ4v) is 1.65. The number of rotatable bonds is 6. The van der Waals surface area contributed by atoms with Gasteiger partial charge >= 0.3 is 5.97 Å². The first-order chi connectivity index (χ1) is 9.31. The van der Waals surface area contributed by atoms with Crippen LogP contribution in [-0.4, -0.2) is 25.5 Å². The van der Waals surface area contributed by atoms with E-state index in [0.29, 0.717) is 24.3 Å². The number of methoxy groups -OCH3 is 1. The van der Waals surface area contributed by atoms with Gasteiger partial charge in [0, 0.05) is 13.5 Å². The minimum Gasteiger partial charge on any atom is -0.465 e. The maximum absolute atomic E-state index is 11.6. The first kappa shape index (κ1) is 16.3. The third-order valence-corrected chi connectivity index (χ3v) is 2.44. The van der Waals surface area contributed by atoms with Crippen molar-refractivity contribution in [1.29, 1.82) is 0 Å². The van der Waals surface area contributed by atoms with Crippen LogP contribution in [0.3, 0.4) is 0 Å². The monoisotopic (exact) mass is 281 g/mol. The third-order valence-electron chi connectivity index (χ3n) is 2.44. The highest BCUT2D eigenvalue weighted by Crippen LogP contribution is 2.23. The summed E-state index contributed by atoms with van der Waals surface area (Å²) in [5.41, 5.74) is 6.92.